The number of hydrogen-bond acceptors (Lipinski definition) is 3. The molecule has 0 N–H and O–H groups in total. The zero-order valence-electron chi connectivity index (χ0n) is 30.4. The molecule has 3 heteroatoms. The first-order valence-electron chi connectivity index (χ1n) is 19.0. The summed E-state index contributed by atoms with van der Waals surface area (Å²) in [6.07, 6.45) is 0. The van der Waals surface area contributed by atoms with Gasteiger partial charge in [0.25, 0.3) is 0 Å². The summed E-state index contributed by atoms with van der Waals surface area (Å²) >= 11 is 0. The van der Waals surface area contributed by atoms with Gasteiger partial charge >= 0.3 is 0 Å². The third-order valence-corrected chi connectivity index (χ3v) is 11.0. The fraction of sp³-hybridized carbons (Fsp3) is 0. The molecule has 0 radical (unpaired) electrons. The molecule has 2 heterocycles. The fourth-order valence-corrected chi connectivity index (χ4v) is 8.31. The van der Waals surface area contributed by atoms with Gasteiger partial charge in [0.2, 0.25) is 0 Å². The van der Waals surface area contributed by atoms with Crippen molar-refractivity contribution in [1.29, 1.82) is 0 Å². The summed E-state index contributed by atoms with van der Waals surface area (Å²) < 4.78 is 0. The third-order valence-electron chi connectivity index (χ3n) is 11.0. The molecule has 0 unspecified atom stereocenters. The molecule has 0 saturated carbocycles. The highest BCUT2D eigenvalue weighted by Gasteiger charge is 2.18. The number of nitrogens with zero attached hydrogens (tertiary/aromatic N) is 3. The van der Waals surface area contributed by atoms with E-state index in [1.807, 2.05) is 12.1 Å². The van der Waals surface area contributed by atoms with Gasteiger partial charge in [0.15, 0.2) is 5.82 Å². The standard InChI is InChI=1S/C53H33N3/c1-2-13-34(14-3-1)36-25-28-37(29-26-36)51-45-22-9-11-24-49(45)55-53(56-51)41-18-12-17-39(32-41)46-33-47-50(43-20-7-6-19-42(43)46)44-21-8-10-23-48(44)54-52(47)40-30-27-35-15-4-5-16-38(35)31-40/h1-33H. The number of rotatable bonds is 5. The minimum Gasteiger partial charge on any atom is -0.247 e. The highest BCUT2D eigenvalue weighted by molar-refractivity contribution is 6.25. The molecule has 0 fully saturated rings. The molecule has 56 heavy (non-hydrogen) atoms. The maximum absolute atomic E-state index is 5.36. The van der Waals surface area contributed by atoms with Gasteiger partial charge < -0.3 is 0 Å². The first-order valence-corrected chi connectivity index (χ1v) is 19.0. The predicted molar refractivity (Wildman–Crippen MR) is 235 cm³/mol. The quantitative estimate of drug-likeness (QED) is 0.167. The molecule has 0 atom stereocenters. The van der Waals surface area contributed by atoms with E-state index in [9.17, 15) is 0 Å². The molecule has 0 aliphatic carbocycles. The summed E-state index contributed by atoms with van der Waals surface area (Å²) in [5, 5.41) is 9.33. The molecule has 11 aromatic rings. The van der Waals surface area contributed by atoms with E-state index in [2.05, 4.69) is 188 Å². The Kier molecular flexibility index (Phi) is 7.49. The summed E-state index contributed by atoms with van der Waals surface area (Å²) in [7, 11) is 0. The van der Waals surface area contributed by atoms with Crippen molar-refractivity contribution in [2.24, 2.45) is 0 Å². The predicted octanol–water partition coefficient (Wildman–Crippen LogP) is 14.0. The van der Waals surface area contributed by atoms with Crippen LogP contribution < -0.4 is 0 Å². The van der Waals surface area contributed by atoms with Crippen molar-refractivity contribution in [3.8, 4) is 56.2 Å². The summed E-state index contributed by atoms with van der Waals surface area (Å²) in [6.45, 7) is 0. The minimum absolute atomic E-state index is 0.697. The van der Waals surface area contributed by atoms with Crippen molar-refractivity contribution in [2.75, 3.05) is 0 Å². The molecule has 0 saturated heterocycles. The van der Waals surface area contributed by atoms with Gasteiger partial charge in [-0.05, 0) is 74.1 Å². The van der Waals surface area contributed by atoms with Crippen molar-refractivity contribution in [3.63, 3.8) is 0 Å². The second kappa shape index (κ2) is 13.1. The van der Waals surface area contributed by atoms with Crippen molar-refractivity contribution in [1.82, 2.24) is 15.0 Å². The second-order valence-corrected chi connectivity index (χ2v) is 14.4. The van der Waals surface area contributed by atoms with E-state index < -0.39 is 0 Å². The van der Waals surface area contributed by atoms with Crippen molar-refractivity contribution in [2.45, 2.75) is 0 Å². The van der Waals surface area contributed by atoms with E-state index >= 15 is 0 Å². The average molecular weight is 712 g/mol. The largest absolute Gasteiger partial charge is 0.247 e. The Morgan fingerprint density at radius 2 is 0.839 bits per heavy atom. The maximum Gasteiger partial charge on any atom is 0.160 e. The lowest BCUT2D eigenvalue weighted by Gasteiger charge is -2.17. The van der Waals surface area contributed by atoms with Crippen LogP contribution >= 0.6 is 0 Å². The third kappa shape index (κ3) is 5.40. The SMILES string of the molecule is c1ccc(-c2ccc(-c3nc(-c4cccc(-c5cc6c(-c7ccc8ccccc8c7)nc7ccccc7c6c6ccccc56)c4)nc4ccccc34)cc2)cc1. The van der Waals surface area contributed by atoms with E-state index in [-0.39, 0.29) is 0 Å². The van der Waals surface area contributed by atoms with Crippen LogP contribution in [-0.2, 0) is 0 Å². The molecule has 0 amide bonds. The van der Waals surface area contributed by atoms with Gasteiger partial charge in [0.1, 0.15) is 0 Å². The molecule has 0 spiro atoms. The second-order valence-electron chi connectivity index (χ2n) is 14.4. The monoisotopic (exact) mass is 711 g/mol. The van der Waals surface area contributed by atoms with Gasteiger partial charge in [0.05, 0.1) is 22.4 Å². The highest BCUT2D eigenvalue weighted by Crippen LogP contribution is 2.43. The van der Waals surface area contributed by atoms with E-state index in [0.717, 1.165) is 66.4 Å². The van der Waals surface area contributed by atoms with Crippen LogP contribution in [0.2, 0.25) is 0 Å². The zero-order chi connectivity index (χ0) is 37.0. The molecule has 0 aliphatic rings. The molecular weight excluding hydrogens is 679 g/mol. The van der Waals surface area contributed by atoms with Gasteiger partial charge in [-0.2, -0.15) is 0 Å². The summed E-state index contributed by atoms with van der Waals surface area (Å²) in [4.78, 5) is 15.8. The van der Waals surface area contributed by atoms with Crippen molar-refractivity contribution in [3.05, 3.63) is 200 Å². The smallest absolute Gasteiger partial charge is 0.160 e. The lowest BCUT2D eigenvalue weighted by molar-refractivity contribution is 1.23. The van der Waals surface area contributed by atoms with Crippen LogP contribution in [0.5, 0.6) is 0 Å². The fourth-order valence-electron chi connectivity index (χ4n) is 8.31. The first-order chi connectivity index (χ1) is 27.7. The van der Waals surface area contributed by atoms with Crippen molar-refractivity contribution < 1.29 is 0 Å². The molecule has 0 bridgehead atoms. The summed E-state index contributed by atoms with van der Waals surface area (Å²) in [5.74, 6) is 0.697. The van der Waals surface area contributed by atoms with Crippen LogP contribution in [-0.4, -0.2) is 15.0 Å². The lowest BCUT2D eigenvalue weighted by Crippen LogP contribution is -1.96. The Hall–Kier alpha value is -7.49. The zero-order valence-corrected chi connectivity index (χ0v) is 30.4. The summed E-state index contributed by atoms with van der Waals surface area (Å²) in [6, 6.07) is 71.0. The van der Waals surface area contributed by atoms with Crippen molar-refractivity contribution >= 4 is 54.1 Å². The van der Waals surface area contributed by atoms with Crippen LogP contribution in [0, 0.1) is 0 Å². The highest BCUT2D eigenvalue weighted by atomic mass is 14.9. The Morgan fingerprint density at radius 3 is 1.66 bits per heavy atom. The number of hydrogen-bond donors (Lipinski definition) is 0. The Balaban J connectivity index is 1.10. The number of para-hydroxylation sites is 2. The molecule has 3 nitrogen and oxygen atoms in total. The molecule has 2 aromatic heterocycles. The van der Waals surface area contributed by atoms with Crippen LogP contribution in [0.15, 0.2) is 200 Å². The Labute approximate surface area is 324 Å². The maximum atomic E-state index is 5.36. The summed E-state index contributed by atoms with van der Waals surface area (Å²) in [5.41, 5.74) is 11.5. The number of aromatic nitrogens is 3. The van der Waals surface area contributed by atoms with Gasteiger partial charge in [-0.15, -0.1) is 0 Å². The minimum atomic E-state index is 0.697. The van der Waals surface area contributed by atoms with Gasteiger partial charge in [-0.1, -0.05) is 170 Å². The van der Waals surface area contributed by atoms with E-state index in [1.165, 1.54) is 38.1 Å². The Morgan fingerprint density at radius 1 is 0.268 bits per heavy atom. The van der Waals surface area contributed by atoms with Gasteiger partial charge in [-0.25, -0.2) is 15.0 Å². The molecule has 9 aromatic carbocycles. The number of benzene rings is 9. The lowest BCUT2D eigenvalue weighted by atomic mass is 9.89. The van der Waals surface area contributed by atoms with Crippen LogP contribution in [0.3, 0.4) is 0 Å². The van der Waals surface area contributed by atoms with Gasteiger partial charge in [-0.3, -0.25) is 0 Å². The van der Waals surface area contributed by atoms with E-state index in [0.29, 0.717) is 5.82 Å². The normalized spacial score (nSPS) is 11.6. The topological polar surface area (TPSA) is 38.7 Å². The van der Waals surface area contributed by atoms with Crippen LogP contribution in [0.4, 0.5) is 0 Å². The average Bonchev–Trinajstić information content (AvgIpc) is 3.28. The molecular formula is C53H33N3. The van der Waals surface area contributed by atoms with E-state index in [4.69, 9.17) is 15.0 Å². The first kappa shape index (κ1) is 32.0. The van der Waals surface area contributed by atoms with E-state index in [1.54, 1.807) is 0 Å². The number of fused-ring (bicyclic) bond motifs is 7. The van der Waals surface area contributed by atoms with Crippen LogP contribution in [0.1, 0.15) is 0 Å². The molecule has 11 rings (SSSR count). The van der Waals surface area contributed by atoms with Gasteiger partial charge in [0, 0.05) is 38.2 Å². The molecule has 260 valence electrons. The van der Waals surface area contributed by atoms with Crippen LogP contribution in [0.25, 0.3) is 110 Å². The Bertz CT molecular complexity index is 3300. The number of pyridine rings is 1. The molecule has 0 aliphatic heterocycles.